The van der Waals surface area contributed by atoms with Crippen LogP contribution in [-0.2, 0) is 6.42 Å². The Balaban J connectivity index is 2.43. The third-order valence-corrected chi connectivity index (χ3v) is 3.02. The van der Waals surface area contributed by atoms with Gasteiger partial charge in [0.1, 0.15) is 0 Å². The van der Waals surface area contributed by atoms with Gasteiger partial charge in [-0.15, -0.1) is 0 Å². The van der Waals surface area contributed by atoms with Crippen LogP contribution in [0, 0.1) is 12.8 Å². The first-order valence-corrected chi connectivity index (χ1v) is 6.29. The molecule has 0 aromatic carbocycles. The largest absolute Gasteiger partial charge is 0.311 e. The molecule has 3 heteroatoms. The highest BCUT2D eigenvalue weighted by atomic mass is 15.1. The Morgan fingerprint density at radius 2 is 2.06 bits per heavy atom. The molecule has 0 aliphatic carbocycles. The molecule has 1 aromatic rings. The maximum Gasteiger partial charge on any atom is 0.0640 e. The molecule has 2 atom stereocenters. The van der Waals surface area contributed by atoms with E-state index in [2.05, 4.69) is 49.3 Å². The summed E-state index contributed by atoms with van der Waals surface area (Å²) in [6.45, 7) is 11.1. The van der Waals surface area contributed by atoms with Gasteiger partial charge in [0.2, 0.25) is 0 Å². The van der Waals surface area contributed by atoms with Crippen molar-refractivity contribution in [2.24, 2.45) is 5.92 Å². The Labute approximate surface area is 99.0 Å². The number of H-pyrrole nitrogens is 1. The molecule has 2 unspecified atom stereocenters. The van der Waals surface area contributed by atoms with Crippen LogP contribution in [0.2, 0.25) is 0 Å². The molecule has 1 rings (SSSR count). The summed E-state index contributed by atoms with van der Waals surface area (Å²) >= 11 is 0. The van der Waals surface area contributed by atoms with Crippen molar-refractivity contribution in [1.82, 2.24) is 15.5 Å². The quantitative estimate of drug-likeness (QED) is 0.778. The summed E-state index contributed by atoms with van der Waals surface area (Å²) in [5, 5.41) is 10.9. The first kappa shape index (κ1) is 13.2. The van der Waals surface area contributed by atoms with Crippen LogP contribution in [0.5, 0.6) is 0 Å². The van der Waals surface area contributed by atoms with E-state index in [1.54, 1.807) is 0 Å². The molecule has 0 amide bonds. The lowest BCUT2D eigenvalue weighted by Gasteiger charge is -2.25. The zero-order valence-electron chi connectivity index (χ0n) is 11.2. The van der Waals surface area contributed by atoms with Crippen molar-refractivity contribution in [2.75, 3.05) is 0 Å². The summed E-state index contributed by atoms with van der Waals surface area (Å²) in [5.74, 6) is 0.688. The second kappa shape index (κ2) is 6.04. The lowest BCUT2D eigenvalue weighted by atomic mass is 10.00. The number of aromatic amines is 1. The summed E-state index contributed by atoms with van der Waals surface area (Å²) in [4.78, 5) is 0. The molecule has 16 heavy (non-hydrogen) atoms. The minimum absolute atomic E-state index is 0.482. The molecule has 3 nitrogen and oxygen atoms in total. The van der Waals surface area contributed by atoms with E-state index in [1.807, 2.05) is 6.92 Å². The molecule has 0 spiro atoms. The lowest BCUT2D eigenvalue weighted by molar-refractivity contribution is 0.350. The van der Waals surface area contributed by atoms with E-state index >= 15 is 0 Å². The molecule has 1 aromatic heterocycles. The Bertz CT molecular complexity index is 304. The fourth-order valence-electron chi connectivity index (χ4n) is 2.10. The maximum absolute atomic E-state index is 4.27. The third-order valence-electron chi connectivity index (χ3n) is 3.02. The van der Waals surface area contributed by atoms with E-state index in [1.165, 1.54) is 6.42 Å². The van der Waals surface area contributed by atoms with Gasteiger partial charge in [-0.3, -0.25) is 5.10 Å². The number of nitrogens with zero attached hydrogens (tertiary/aromatic N) is 1. The van der Waals surface area contributed by atoms with Crippen molar-refractivity contribution in [1.29, 1.82) is 0 Å². The predicted molar refractivity (Wildman–Crippen MR) is 68.5 cm³/mol. The van der Waals surface area contributed by atoms with Gasteiger partial charge in [-0.1, -0.05) is 20.8 Å². The summed E-state index contributed by atoms with van der Waals surface area (Å²) in [6.07, 6.45) is 2.18. The zero-order chi connectivity index (χ0) is 12.1. The Kier molecular flexibility index (Phi) is 5.00. The molecule has 0 bridgehead atoms. The lowest BCUT2D eigenvalue weighted by Crippen LogP contribution is -2.40. The van der Waals surface area contributed by atoms with Crippen LogP contribution in [0.1, 0.15) is 45.5 Å². The minimum Gasteiger partial charge on any atom is -0.311 e. The summed E-state index contributed by atoms with van der Waals surface area (Å²) in [5.41, 5.74) is 2.29. The predicted octanol–water partition coefficient (Wildman–Crippen LogP) is 2.67. The number of aryl methyl sites for hydroxylation is 1. The molecule has 0 aliphatic rings. The molecule has 92 valence electrons. The van der Waals surface area contributed by atoms with E-state index < -0.39 is 0 Å². The number of nitrogens with one attached hydrogen (secondary N) is 2. The number of rotatable bonds is 6. The SMILES string of the molecule is CCC(NC(C)Cc1cc(C)[nH]n1)C(C)C. The van der Waals surface area contributed by atoms with Crippen molar-refractivity contribution in [3.63, 3.8) is 0 Å². The first-order chi connectivity index (χ1) is 7.52. The monoisotopic (exact) mass is 223 g/mol. The second-order valence-corrected chi connectivity index (χ2v) is 5.07. The van der Waals surface area contributed by atoms with Crippen molar-refractivity contribution in [3.8, 4) is 0 Å². The van der Waals surface area contributed by atoms with Gasteiger partial charge in [0.25, 0.3) is 0 Å². The standard InChI is InChI=1S/C13H25N3/c1-6-13(9(2)3)14-10(4)7-12-8-11(5)15-16-12/h8-10,13-14H,6-7H2,1-5H3,(H,15,16). The highest BCUT2D eigenvalue weighted by Gasteiger charge is 2.14. The fourth-order valence-corrected chi connectivity index (χ4v) is 2.10. The highest BCUT2D eigenvalue weighted by Crippen LogP contribution is 2.08. The smallest absolute Gasteiger partial charge is 0.0640 e. The summed E-state index contributed by atoms with van der Waals surface area (Å²) in [7, 11) is 0. The average Bonchev–Trinajstić information content (AvgIpc) is 2.60. The Morgan fingerprint density at radius 3 is 2.50 bits per heavy atom. The maximum atomic E-state index is 4.27. The van der Waals surface area contributed by atoms with Crippen LogP contribution in [-0.4, -0.2) is 22.3 Å². The van der Waals surface area contributed by atoms with Crippen LogP contribution in [0.25, 0.3) is 0 Å². The van der Waals surface area contributed by atoms with Crippen LogP contribution < -0.4 is 5.32 Å². The Morgan fingerprint density at radius 1 is 1.38 bits per heavy atom. The molecule has 0 radical (unpaired) electrons. The molecule has 0 fully saturated rings. The molecule has 0 saturated heterocycles. The van der Waals surface area contributed by atoms with Gasteiger partial charge < -0.3 is 5.32 Å². The van der Waals surface area contributed by atoms with Crippen molar-refractivity contribution in [2.45, 2.75) is 59.5 Å². The van der Waals surface area contributed by atoms with Gasteiger partial charge in [-0.25, -0.2) is 0 Å². The second-order valence-electron chi connectivity index (χ2n) is 5.07. The highest BCUT2D eigenvalue weighted by molar-refractivity contribution is 5.07. The molecule has 0 aliphatic heterocycles. The van der Waals surface area contributed by atoms with Crippen LogP contribution in [0.3, 0.4) is 0 Å². The van der Waals surface area contributed by atoms with Gasteiger partial charge >= 0.3 is 0 Å². The van der Waals surface area contributed by atoms with Gasteiger partial charge in [-0.2, -0.15) is 5.10 Å². The first-order valence-electron chi connectivity index (χ1n) is 6.29. The molecule has 0 saturated carbocycles. The number of aromatic nitrogens is 2. The van der Waals surface area contributed by atoms with E-state index in [0.717, 1.165) is 17.8 Å². The van der Waals surface area contributed by atoms with E-state index in [4.69, 9.17) is 0 Å². The molecule has 1 heterocycles. The molecule has 2 N–H and O–H groups in total. The summed E-state index contributed by atoms with van der Waals surface area (Å²) in [6, 6.07) is 3.21. The normalized spacial score (nSPS) is 15.4. The van der Waals surface area contributed by atoms with Crippen molar-refractivity contribution in [3.05, 3.63) is 17.5 Å². The third kappa shape index (κ3) is 3.97. The van der Waals surface area contributed by atoms with Crippen molar-refractivity contribution >= 4 is 0 Å². The van der Waals surface area contributed by atoms with Gasteiger partial charge in [0, 0.05) is 24.2 Å². The fraction of sp³-hybridized carbons (Fsp3) is 0.769. The van der Waals surface area contributed by atoms with E-state index in [9.17, 15) is 0 Å². The molecular weight excluding hydrogens is 198 g/mol. The van der Waals surface area contributed by atoms with Crippen LogP contribution in [0.15, 0.2) is 6.07 Å². The molecular formula is C13H25N3. The number of hydrogen-bond donors (Lipinski definition) is 2. The Hall–Kier alpha value is -0.830. The van der Waals surface area contributed by atoms with Crippen LogP contribution in [0.4, 0.5) is 0 Å². The van der Waals surface area contributed by atoms with Crippen LogP contribution >= 0.6 is 0 Å². The summed E-state index contributed by atoms with van der Waals surface area (Å²) < 4.78 is 0. The number of hydrogen-bond acceptors (Lipinski definition) is 2. The average molecular weight is 223 g/mol. The minimum atomic E-state index is 0.482. The van der Waals surface area contributed by atoms with E-state index in [-0.39, 0.29) is 0 Å². The van der Waals surface area contributed by atoms with Gasteiger partial charge in [0.15, 0.2) is 0 Å². The van der Waals surface area contributed by atoms with Gasteiger partial charge in [0.05, 0.1) is 5.69 Å². The zero-order valence-corrected chi connectivity index (χ0v) is 11.2. The van der Waals surface area contributed by atoms with Crippen molar-refractivity contribution < 1.29 is 0 Å². The van der Waals surface area contributed by atoms with E-state index in [0.29, 0.717) is 18.0 Å². The van der Waals surface area contributed by atoms with Gasteiger partial charge in [-0.05, 0) is 32.3 Å². The topological polar surface area (TPSA) is 40.7 Å².